The third-order valence-electron chi connectivity index (χ3n) is 3.72. The first-order valence-electron chi connectivity index (χ1n) is 8.86. The molecular formula is C21H23NO5. The van der Waals surface area contributed by atoms with E-state index >= 15 is 0 Å². The zero-order valence-electron chi connectivity index (χ0n) is 15.5. The fraction of sp³-hybridized carbons (Fsp3) is 0.286. The molecule has 0 heterocycles. The summed E-state index contributed by atoms with van der Waals surface area (Å²) >= 11 is 0. The molecule has 6 nitrogen and oxygen atoms in total. The van der Waals surface area contributed by atoms with Crippen molar-refractivity contribution in [2.75, 3.05) is 18.5 Å². The molecule has 6 heteroatoms. The van der Waals surface area contributed by atoms with E-state index in [0.29, 0.717) is 12.1 Å². The third-order valence-corrected chi connectivity index (χ3v) is 3.72. The van der Waals surface area contributed by atoms with Gasteiger partial charge in [-0.05, 0) is 44.0 Å². The van der Waals surface area contributed by atoms with Crippen LogP contribution in [0.3, 0.4) is 0 Å². The second-order valence-corrected chi connectivity index (χ2v) is 5.77. The van der Waals surface area contributed by atoms with Crippen LogP contribution < -0.4 is 5.32 Å². The number of ether oxygens (including phenoxy) is 2. The van der Waals surface area contributed by atoms with E-state index in [1.807, 2.05) is 30.3 Å². The molecule has 0 bridgehead atoms. The topological polar surface area (TPSA) is 81.7 Å². The molecule has 27 heavy (non-hydrogen) atoms. The van der Waals surface area contributed by atoms with Gasteiger partial charge in [0.15, 0.2) is 0 Å². The second-order valence-electron chi connectivity index (χ2n) is 5.77. The number of esters is 2. The number of nitrogens with one attached hydrogen (secondary N) is 1. The van der Waals surface area contributed by atoms with Gasteiger partial charge in [0.25, 0.3) is 0 Å². The Morgan fingerprint density at radius 2 is 1.41 bits per heavy atom. The Hall–Kier alpha value is -3.15. The number of amides is 1. The third kappa shape index (κ3) is 6.26. The van der Waals surface area contributed by atoms with Crippen molar-refractivity contribution < 1.29 is 23.9 Å². The van der Waals surface area contributed by atoms with Crippen LogP contribution in [-0.2, 0) is 20.7 Å². The Morgan fingerprint density at radius 3 is 1.93 bits per heavy atom. The lowest BCUT2D eigenvalue weighted by Crippen LogP contribution is -2.15. The highest BCUT2D eigenvalue weighted by Crippen LogP contribution is 2.18. The Kier molecular flexibility index (Phi) is 7.55. The van der Waals surface area contributed by atoms with Crippen molar-refractivity contribution in [2.45, 2.75) is 26.7 Å². The molecule has 142 valence electrons. The van der Waals surface area contributed by atoms with Crippen molar-refractivity contribution in [3.8, 4) is 0 Å². The summed E-state index contributed by atoms with van der Waals surface area (Å²) in [6.45, 7) is 3.81. The van der Waals surface area contributed by atoms with Crippen molar-refractivity contribution in [2.24, 2.45) is 0 Å². The number of anilines is 1. The molecule has 1 N–H and O–H groups in total. The highest BCUT2D eigenvalue weighted by molar-refractivity contribution is 5.99. The molecule has 2 rings (SSSR count). The fourth-order valence-corrected chi connectivity index (χ4v) is 2.49. The molecule has 0 fully saturated rings. The SMILES string of the molecule is CCOC(=O)c1cc(NC(=O)CCc2ccccc2)cc(C(=O)OCC)c1. The molecule has 0 aliphatic carbocycles. The summed E-state index contributed by atoms with van der Waals surface area (Å²) in [6, 6.07) is 14.0. The van der Waals surface area contributed by atoms with Crippen LogP contribution in [-0.4, -0.2) is 31.1 Å². The molecule has 2 aromatic carbocycles. The molecule has 0 aromatic heterocycles. The van der Waals surface area contributed by atoms with Gasteiger partial charge in [-0.1, -0.05) is 30.3 Å². The smallest absolute Gasteiger partial charge is 0.338 e. The van der Waals surface area contributed by atoms with Crippen LogP contribution in [0.25, 0.3) is 0 Å². The van der Waals surface area contributed by atoms with Crippen molar-refractivity contribution in [3.05, 3.63) is 65.2 Å². The minimum Gasteiger partial charge on any atom is -0.462 e. The Balaban J connectivity index is 2.14. The number of hydrogen-bond acceptors (Lipinski definition) is 5. The first-order valence-corrected chi connectivity index (χ1v) is 8.86. The molecule has 0 saturated carbocycles. The maximum atomic E-state index is 12.3. The molecule has 0 atom stereocenters. The molecule has 1 amide bonds. The fourth-order valence-electron chi connectivity index (χ4n) is 2.49. The van der Waals surface area contributed by atoms with Crippen LogP contribution in [0, 0.1) is 0 Å². The van der Waals surface area contributed by atoms with Gasteiger partial charge in [-0.3, -0.25) is 4.79 Å². The van der Waals surface area contributed by atoms with E-state index in [2.05, 4.69) is 5.32 Å². The van der Waals surface area contributed by atoms with Gasteiger partial charge >= 0.3 is 11.9 Å². The van der Waals surface area contributed by atoms with Gasteiger partial charge in [0.05, 0.1) is 24.3 Å². The Labute approximate surface area is 158 Å². The summed E-state index contributed by atoms with van der Waals surface area (Å²) in [5.41, 5.74) is 1.77. The molecular weight excluding hydrogens is 346 g/mol. The number of hydrogen-bond donors (Lipinski definition) is 1. The van der Waals surface area contributed by atoms with Gasteiger partial charge in [-0.2, -0.15) is 0 Å². The van der Waals surface area contributed by atoms with Gasteiger partial charge in [-0.15, -0.1) is 0 Å². The molecule has 2 aromatic rings. The normalized spacial score (nSPS) is 10.1. The summed E-state index contributed by atoms with van der Waals surface area (Å²) in [5.74, 6) is -1.35. The molecule has 0 radical (unpaired) electrons. The van der Waals surface area contributed by atoms with Gasteiger partial charge in [0.2, 0.25) is 5.91 Å². The minimum atomic E-state index is -0.566. The highest BCUT2D eigenvalue weighted by atomic mass is 16.5. The van der Waals surface area contributed by atoms with Crippen LogP contribution in [0.2, 0.25) is 0 Å². The first kappa shape index (κ1) is 20.2. The van der Waals surface area contributed by atoms with E-state index in [1.165, 1.54) is 18.2 Å². The van der Waals surface area contributed by atoms with E-state index < -0.39 is 11.9 Å². The van der Waals surface area contributed by atoms with E-state index in [4.69, 9.17) is 9.47 Å². The molecule has 0 aliphatic rings. The van der Waals surface area contributed by atoms with Crippen LogP contribution in [0.1, 0.15) is 46.5 Å². The van der Waals surface area contributed by atoms with Crippen LogP contribution in [0.5, 0.6) is 0 Å². The molecule has 0 aliphatic heterocycles. The molecule has 0 saturated heterocycles. The summed E-state index contributed by atoms with van der Waals surface area (Å²) in [4.78, 5) is 36.3. The summed E-state index contributed by atoms with van der Waals surface area (Å²) < 4.78 is 9.97. The minimum absolute atomic E-state index is 0.181. The Morgan fingerprint density at radius 1 is 0.852 bits per heavy atom. The predicted octanol–water partition coefficient (Wildman–Crippen LogP) is 3.61. The number of aryl methyl sites for hydroxylation is 1. The van der Waals surface area contributed by atoms with E-state index in [1.54, 1.807) is 13.8 Å². The monoisotopic (exact) mass is 369 g/mol. The summed E-state index contributed by atoms with van der Waals surface area (Å²) in [6.07, 6.45) is 0.872. The number of benzene rings is 2. The standard InChI is InChI=1S/C21H23NO5/c1-3-26-20(24)16-12-17(21(25)27-4-2)14-18(13-16)22-19(23)11-10-15-8-6-5-7-9-15/h5-9,12-14H,3-4,10-11H2,1-2H3,(H,22,23). The highest BCUT2D eigenvalue weighted by Gasteiger charge is 2.15. The van der Waals surface area contributed by atoms with Crippen LogP contribution in [0.15, 0.2) is 48.5 Å². The first-order chi connectivity index (χ1) is 13.0. The van der Waals surface area contributed by atoms with Crippen molar-refractivity contribution in [3.63, 3.8) is 0 Å². The van der Waals surface area contributed by atoms with Crippen molar-refractivity contribution in [1.82, 2.24) is 0 Å². The lowest BCUT2D eigenvalue weighted by atomic mass is 10.1. The van der Waals surface area contributed by atoms with E-state index in [-0.39, 0.29) is 36.7 Å². The van der Waals surface area contributed by atoms with Crippen molar-refractivity contribution >= 4 is 23.5 Å². The van der Waals surface area contributed by atoms with Gasteiger partial charge in [-0.25, -0.2) is 9.59 Å². The molecule has 0 unspecified atom stereocenters. The van der Waals surface area contributed by atoms with Crippen LogP contribution in [0.4, 0.5) is 5.69 Å². The lowest BCUT2D eigenvalue weighted by molar-refractivity contribution is -0.116. The average molecular weight is 369 g/mol. The largest absolute Gasteiger partial charge is 0.462 e. The second kappa shape index (κ2) is 10.1. The maximum absolute atomic E-state index is 12.3. The van der Waals surface area contributed by atoms with Crippen molar-refractivity contribution in [1.29, 1.82) is 0 Å². The predicted molar refractivity (Wildman–Crippen MR) is 102 cm³/mol. The summed E-state index contributed by atoms with van der Waals surface area (Å²) in [5, 5.41) is 2.73. The lowest BCUT2D eigenvalue weighted by Gasteiger charge is -2.10. The summed E-state index contributed by atoms with van der Waals surface area (Å²) in [7, 11) is 0. The maximum Gasteiger partial charge on any atom is 0.338 e. The van der Waals surface area contributed by atoms with E-state index in [0.717, 1.165) is 5.56 Å². The van der Waals surface area contributed by atoms with Gasteiger partial charge in [0.1, 0.15) is 0 Å². The zero-order chi connectivity index (χ0) is 19.6. The quantitative estimate of drug-likeness (QED) is 0.719. The van der Waals surface area contributed by atoms with Gasteiger partial charge in [0, 0.05) is 12.1 Å². The number of carbonyl (C=O) groups excluding carboxylic acids is 3. The van der Waals surface area contributed by atoms with Crippen LogP contribution >= 0.6 is 0 Å². The van der Waals surface area contributed by atoms with E-state index in [9.17, 15) is 14.4 Å². The average Bonchev–Trinajstić information content (AvgIpc) is 2.67. The number of carbonyl (C=O) groups is 3. The number of rotatable bonds is 8. The Bertz CT molecular complexity index is 765. The zero-order valence-corrected chi connectivity index (χ0v) is 15.5. The molecule has 0 spiro atoms. The van der Waals surface area contributed by atoms with Gasteiger partial charge < -0.3 is 14.8 Å².